The molecule has 1 aliphatic heterocycles. The Kier molecular flexibility index (Phi) is 5.11. The first-order chi connectivity index (χ1) is 13.6. The Morgan fingerprint density at radius 1 is 0.857 bits per heavy atom. The highest BCUT2D eigenvalue weighted by molar-refractivity contribution is 5.91. The highest BCUT2D eigenvalue weighted by Crippen LogP contribution is 2.46. The summed E-state index contributed by atoms with van der Waals surface area (Å²) in [5, 5.41) is 9.61. The van der Waals surface area contributed by atoms with E-state index in [1.165, 1.54) is 17.7 Å². The minimum atomic E-state index is -0.318. The minimum Gasteiger partial charge on any atom is -0.508 e. The van der Waals surface area contributed by atoms with E-state index in [0.29, 0.717) is 6.54 Å². The van der Waals surface area contributed by atoms with Gasteiger partial charge in [-0.25, -0.2) is 4.39 Å². The summed E-state index contributed by atoms with van der Waals surface area (Å²) < 4.78 is 13.3. The quantitative estimate of drug-likeness (QED) is 0.627. The van der Waals surface area contributed by atoms with E-state index in [9.17, 15) is 14.3 Å². The summed E-state index contributed by atoms with van der Waals surface area (Å²) in [6, 6.07) is 23.3. The van der Waals surface area contributed by atoms with Gasteiger partial charge in [0.15, 0.2) is 0 Å². The SMILES string of the molecule is O=C1[C@H](c2ccc(F)cc2)[C@@H](c2ccc(O)cc2)N1CCCc1ccccc1. The van der Waals surface area contributed by atoms with Gasteiger partial charge in [0.05, 0.1) is 12.0 Å². The molecule has 1 amide bonds. The van der Waals surface area contributed by atoms with Gasteiger partial charge in [0.2, 0.25) is 5.91 Å². The zero-order chi connectivity index (χ0) is 19.5. The molecule has 0 radical (unpaired) electrons. The fraction of sp³-hybridized carbons (Fsp3) is 0.208. The van der Waals surface area contributed by atoms with Gasteiger partial charge in [-0.1, -0.05) is 54.6 Å². The molecule has 1 heterocycles. The molecule has 142 valence electrons. The zero-order valence-corrected chi connectivity index (χ0v) is 15.5. The molecular weight excluding hydrogens is 353 g/mol. The van der Waals surface area contributed by atoms with Crippen LogP contribution >= 0.6 is 0 Å². The van der Waals surface area contributed by atoms with Crippen LogP contribution in [0.3, 0.4) is 0 Å². The van der Waals surface area contributed by atoms with Gasteiger partial charge in [-0.3, -0.25) is 4.79 Å². The Labute approximate surface area is 164 Å². The maximum absolute atomic E-state index is 13.3. The lowest BCUT2D eigenvalue weighted by molar-refractivity contribution is -0.150. The van der Waals surface area contributed by atoms with E-state index in [1.807, 2.05) is 35.2 Å². The number of phenolic OH excluding ortho intramolecular Hbond substituents is 1. The minimum absolute atomic E-state index is 0.0674. The van der Waals surface area contributed by atoms with Crippen LogP contribution in [0.25, 0.3) is 0 Å². The topological polar surface area (TPSA) is 40.5 Å². The molecule has 3 aromatic carbocycles. The molecule has 2 atom stereocenters. The van der Waals surface area contributed by atoms with Crippen LogP contribution in [0.15, 0.2) is 78.9 Å². The second-order valence-corrected chi connectivity index (χ2v) is 7.19. The van der Waals surface area contributed by atoms with Crippen LogP contribution in [-0.4, -0.2) is 22.5 Å². The van der Waals surface area contributed by atoms with Crippen molar-refractivity contribution in [1.82, 2.24) is 4.90 Å². The first-order valence-electron chi connectivity index (χ1n) is 9.52. The van der Waals surface area contributed by atoms with Crippen LogP contribution in [0.4, 0.5) is 4.39 Å². The van der Waals surface area contributed by atoms with Crippen molar-refractivity contribution >= 4 is 5.91 Å². The van der Waals surface area contributed by atoms with Crippen molar-refractivity contribution in [2.45, 2.75) is 24.8 Å². The number of amides is 1. The molecule has 0 saturated carbocycles. The number of benzene rings is 3. The van der Waals surface area contributed by atoms with Gasteiger partial charge in [0.25, 0.3) is 0 Å². The number of phenols is 1. The van der Waals surface area contributed by atoms with Crippen LogP contribution < -0.4 is 0 Å². The molecule has 0 spiro atoms. The van der Waals surface area contributed by atoms with E-state index in [1.54, 1.807) is 24.3 Å². The summed E-state index contributed by atoms with van der Waals surface area (Å²) in [6.45, 7) is 0.664. The van der Waals surface area contributed by atoms with Gasteiger partial charge in [-0.2, -0.15) is 0 Å². The van der Waals surface area contributed by atoms with E-state index in [2.05, 4.69) is 12.1 Å². The predicted octanol–water partition coefficient (Wildman–Crippen LogP) is 4.83. The molecule has 1 N–H and O–H groups in total. The first-order valence-corrected chi connectivity index (χ1v) is 9.52. The van der Waals surface area contributed by atoms with Crippen molar-refractivity contribution in [2.75, 3.05) is 6.54 Å². The number of hydrogen-bond acceptors (Lipinski definition) is 2. The second-order valence-electron chi connectivity index (χ2n) is 7.19. The molecule has 3 nitrogen and oxygen atoms in total. The fourth-order valence-electron chi connectivity index (χ4n) is 3.93. The van der Waals surface area contributed by atoms with Gasteiger partial charge in [-0.05, 0) is 53.8 Å². The molecule has 1 aliphatic rings. The molecule has 4 heteroatoms. The van der Waals surface area contributed by atoms with Crippen molar-refractivity contribution in [2.24, 2.45) is 0 Å². The standard InChI is InChI=1S/C24H22FNO2/c25-20-12-8-18(9-13-20)22-23(19-10-14-21(27)15-11-19)26(24(22)28)16-4-7-17-5-2-1-3-6-17/h1-3,5-6,8-15,22-23,27H,4,7,16H2/t22-,23-/m1/s1. The summed E-state index contributed by atoms with van der Waals surface area (Å²) in [7, 11) is 0. The van der Waals surface area contributed by atoms with Crippen molar-refractivity contribution in [3.63, 3.8) is 0 Å². The van der Waals surface area contributed by atoms with Gasteiger partial charge < -0.3 is 10.0 Å². The Balaban J connectivity index is 1.53. The number of aromatic hydroxyl groups is 1. The van der Waals surface area contributed by atoms with E-state index in [-0.39, 0.29) is 29.4 Å². The van der Waals surface area contributed by atoms with Gasteiger partial charge in [0.1, 0.15) is 11.6 Å². The third-order valence-electron chi connectivity index (χ3n) is 5.37. The number of carbonyl (C=O) groups is 1. The smallest absolute Gasteiger partial charge is 0.233 e. The average Bonchev–Trinajstić information content (AvgIpc) is 2.72. The number of β-lactam (4-membered cyclic amide) rings is 1. The molecule has 0 aromatic heterocycles. The summed E-state index contributed by atoms with van der Waals surface area (Å²) in [4.78, 5) is 14.8. The van der Waals surface area contributed by atoms with Crippen molar-refractivity contribution < 1.29 is 14.3 Å². The Morgan fingerprint density at radius 2 is 1.50 bits per heavy atom. The third-order valence-corrected chi connectivity index (χ3v) is 5.37. The number of nitrogens with zero attached hydrogens (tertiary/aromatic N) is 1. The number of aryl methyl sites for hydroxylation is 1. The molecule has 3 aromatic rings. The van der Waals surface area contributed by atoms with Crippen LogP contribution in [0.2, 0.25) is 0 Å². The number of likely N-dealkylation sites (tertiary alicyclic amines) is 1. The summed E-state index contributed by atoms with van der Waals surface area (Å²) in [5.74, 6) is -0.362. The van der Waals surface area contributed by atoms with Crippen LogP contribution in [0.1, 0.15) is 35.1 Å². The average molecular weight is 375 g/mol. The van der Waals surface area contributed by atoms with Crippen molar-refractivity contribution in [1.29, 1.82) is 0 Å². The van der Waals surface area contributed by atoms with Crippen molar-refractivity contribution in [3.8, 4) is 5.75 Å². The third kappa shape index (κ3) is 3.63. The molecule has 1 saturated heterocycles. The maximum Gasteiger partial charge on any atom is 0.233 e. The van der Waals surface area contributed by atoms with Gasteiger partial charge in [0, 0.05) is 6.54 Å². The fourth-order valence-corrected chi connectivity index (χ4v) is 3.93. The monoisotopic (exact) mass is 375 g/mol. The van der Waals surface area contributed by atoms with Gasteiger partial charge in [-0.15, -0.1) is 0 Å². The summed E-state index contributed by atoms with van der Waals surface area (Å²) in [5.41, 5.74) is 3.06. The number of halogens is 1. The first kappa shape index (κ1) is 18.2. The van der Waals surface area contributed by atoms with Crippen LogP contribution in [-0.2, 0) is 11.2 Å². The Hall–Kier alpha value is -3.14. The predicted molar refractivity (Wildman–Crippen MR) is 106 cm³/mol. The Bertz CT molecular complexity index is 939. The van der Waals surface area contributed by atoms with Crippen LogP contribution in [0.5, 0.6) is 5.75 Å². The molecule has 0 aliphatic carbocycles. The molecular formula is C24H22FNO2. The zero-order valence-electron chi connectivity index (χ0n) is 15.5. The lowest BCUT2D eigenvalue weighted by Crippen LogP contribution is -2.53. The molecule has 28 heavy (non-hydrogen) atoms. The molecule has 0 bridgehead atoms. The Morgan fingerprint density at radius 3 is 2.18 bits per heavy atom. The molecule has 0 unspecified atom stereocenters. The van der Waals surface area contributed by atoms with E-state index < -0.39 is 0 Å². The summed E-state index contributed by atoms with van der Waals surface area (Å²) >= 11 is 0. The summed E-state index contributed by atoms with van der Waals surface area (Å²) in [6.07, 6.45) is 1.79. The second kappa shape index (κ2) is 7.85. The molecule has 4 rings (SSSR count). The lowest BCUT2D eigenvalue weighted by atomic mass is 9.77. The highest BCUT2D eigenvalue weighted by atomic mass is 19.1. The van der Waals surface area contributed by atoms with Gasteiger partial charge >= 0.3 is 0 Å². The van der Waals surface area contributed by atoms with Crippen LogP contribution in [0, 0.1) is 5.82 Å². The maximum atomic E-state index is 13.3. The normalized spacial score (nSPS) is 18.8. The van der Waals surface area contributed by atoms with E-state index in [4.69, 9.17) is 0 Å². The highest BCUT2D eigenvalue weighted by Gasteiger charge is 2.48. The lowest BCUT2D eigenvalue weighted by Gasteiger charge is -2.48. The van der Waals surface area contributed by atoms with E-state index >= 15 is 0 Å². The van der Waals surface area contributed by atoms with Crippen molar-refractivity contribution in [3.05, 3.63) is 101 Å². The number of hydrogen-bond donors (Lipinski definition) is 1. The number of carbonyl (C=O) groups excluding carboxylic acids is 1. The molecule has 1 fully saturated rings. The van der Waals surface area contributed by atoms with E-state index in [0.717, 1.165) is 24.0 Å². The largest absolute Gasteiger partial charge is 0.508 e. The number of rotatable bonds is 6.